The van der Waals surface area contributed by atoms with Gasteiger partial charge in [-0.2, -0.15) is 4.31 Å². The molecule has 4 nitrogen and oxygen atoms in total. The SMILES string of the molecule is C=CCN(C(C)C)S(=O)(=O)CCNC. The summed E-state index contributed by atoms with van der Waals surface area (Å²) in [5.74, 6) is 0.134. The Hall–Kier alpha value is -0.390. The molecule has 0 fully saturated rings. The van der Waals surface area contributed by atoms with Crippen LogP contribution in [-0.2, 0) is 10.0 Å². The van der Waals surface area contributed by atoms with E-state index < -0.39 is 10.0 Å². The second-order valence-electron chi connectivity index (χ2n) is 3.37. The minimum absolute atomic E-state index is 0.0187. The second-order valence-corrected chi connectivity index (χ2v) is 5.41. The molecule has 5 heteroatoms. The van der Waals surface area contributed by atoms with E-state index in [4.69, 9.17) is 0 Å². The third-order valence-corrected chi connectivity index (χ3v) is 3.86. The summed E-state index contributed by atoms with van der Waals surface area (Å²) in [5.41, 5.74) is 0. The van der Waals surface area contributed by atoms with Gasteiger partial charge in [0.15, 0.2) is 0 Å². The van der Waals surface area contributed by atoms with Gasteiger partial charge in [0.1, 0.15) is 0 Å². The highest BCUT2D eigenvalue weighted by molar-refractivity contribution is 7.89. The Kier molecular flexibility index (Phi) is 5.99. The highest BCUT2D eigenvalue weighted by atomic mass is 32.2. The molecule has 0 aliphatic heterocycles. The molecule has 0 radical (unpaired) electrons. The van der Waals surface area contributed by atoms with Crippen LogP contribution in [0.4, 0.5) is 0 Å². The molecule has 0 aromatic heterocycles. The van der Waals surface area contributed by atoms with Crippen LogP contribution >= 0.6 is 0 Å². The summed E-state index contributed by atoms with van der Waals surface area (Å²) in [4.78, 5) is 0. The molecule has 0 aliphatic carbocycles. The normalized spacial score (nSPS) is 12.4. The first-order valence-electron chi connectivity index (χ1n) is 4.70. The summed E-state index contributed by atoms with van der Waals surface area (Å²) >= 11 is 0. The van der Waals surface area contributed by atoms with Crippen molar-refractivity contribution in [1.82, 2.24) is 9.62 Å². The molecule has 0 aromatic rings. The van der Waals surface area contributed by atoms with Gasteiger partial charge in [-0.3, -0.25) is 0 Å². The maximum Gasteiger partial charge on any atom is 0.215 e. The quantitative estimate of drug-likeness (QED) is 0.633. The van der Waals surface area contributed by atoms with E-state index >= 15 is 0 Å². The van der Waals surface area contributed by atoms with Crippen LogP contribution in [0, 0.1) is 0 Å². The summed E-state index contributed by atoms with van der Waals surface area (Å²) in [6, 6.07) is -0.0187. The molecule has 0 bridgehead atoms. The Labute approximate surface area is 87.0 Å². The number of nitrogens with one attached hydrogen (secondary N) is 1. The fourth-order valence-corrected chi connectivity index (χ4v) is 2.79. The molecular weight excluding hydrogens is 200 g/mol. The second kappa shape index (κ2) is 6.16. The highest BCUT2D eigenvalue weighted by Gasteiger charge is 2.22. The van der Waals surface area contributed by atoms with Crippen LogP contribution in [0.25, 0.3) is 0 Å². The molecule has 0 aromatic carbocycles. The summed E-state index contributed by atoms with van der Waals surface area (Å²) in [7, 11) is -1.41. The number of rotatable bonds is 7. The van der Waals surface area contributed by atoms with Crippen molar-refractivity contribution in [3.8, 4) is 0 Å². The maximum atomic E-state index is 11.8. The molecule has 0 spiro atoms. The lowest BCUT2D eigenvalue weighted by Gasteiger charge is -2.24. The number of hydrogen-bond acceptors (Lipinski definition) is 3. The van der Waals surface area contributed by atoms with Gasteiger partial charge in [0.25, 0.3) is 0 Å². The van der Waals surface area contributed by atoms with E-state index in [9.17, 15) is 8.42 Å². The van der Waals surface area contributed by atoms with Gasteiger partial charge < -0.3 is 5.32 Å². The van der Waals surface area contributed by atoms with E-state index in [-0.39, 0.29) is 11.8 Å². The van der Waals surface area contributed by atoms with Crippen LogP contribution in [0.15, 0.2) is 12.7 Å². The van der Waals surface area contributed by atoms with Crippen molar-refractivity contribution in [2.75, 3.05) is 25.9 Å². The average Bonchev–Trinajstić information content (AvgIpc) is 2.10. The van der Waals surface area contributed by atoms with Crippen LogP contribution < -0.4 is 5.32 Å². The van der Waals surface area contributed by atoms with Crippen molar-refractivity contribution >= 4 is 10.0 Å². The monoisotopic (exact) mass is 220 g/mol. The number of nitrogens with zero attached hydrogens (tertiary/aromatic N) is 1. The van der Waals surface area contributed by atoms with Crippen molar-refractivity contribution < 1.29 is 8.42 Å². The first-order chi connectivity index (χ1) is 6.45. The van der Waals surface area contributed by atoms with Crippen molar-refractivity contribution in [3.63, 3.8) is 0 Å². The zero-order valence-electron chi connectivity index (χ0n) is 9.16. The Morgan fingerprint density at radius 3 is 2.43 bits per heavy atom. The van der Waals surface area contributed by atoms with Gasteiger partial charge in [-0.15, -0.1) is 6.58 Å². The third kappa shape index (κ3) is 4.21. The Morgan fingerprint density at radius 1 is 1.50 bits per heavy atom. The lowest BCUT2D eigenvalue weighted by Crippen LogP contribution is -2.40. The van der Waals surface area contributed by atoms with E-state index in [2.05, 4.69) is 11.9 Å². The maximum absolute atomic E-state index is 11.8. The predicted molar refractivity (Wildman–Crippen MR) is 59.8 cm³/mol. The standard InChI is InChI=1S/C9H20N2O2S/c1-5-7-11(9(2)3)14(12,13)8-6-10-4/h5,9-10H,1,6-8H2,2-4H3. The lowest BCUT2D eigenvalue weighted by atomic mass is 10.4. The summed E-state index contributed by atoms with van der Waals surface area (Å²) in [6.07, 6.45) is 1.61. The van der Waals surface area contributed by atoms with Crippen molar-refractivity contribution in [1.29, 1.82) is 0 Å². The molecule has 0 saturated heterocycles. The molecule has 0 amide bonds. The van der Waals surface area contributed by atoms with Gasteiger partial charge in [-0.1, -0.05) is 6.08 Å². The molecule has 1 N–H and O–H groups in total. The molecule has 0 aliphatic rings. The van der Waals surface area contributed by atoms with Crippen LogP contribution in [0.2, 0.25) is 0 Å². The Morgan fingerprint density at radius 2 is 2.07 bits per heavy atom. The van der Waals surface area contributed by atoms with Crippen LogP contribution in [0.3, 0.4) is 0 Å². The van der Waals surface area contributed by atoms with Crippen LogP contribution in [-0.4, -0.2) is 44.7 Å². The Balaban J connectivity index is 4.54. The molecule has 14 heavy (non-hydrogen) atoms. The van der Waals surface area contributed by atoms with Crippen LogP contribution in [0.1, 0.15) is 13.8 Å². The predicted octanol–water partition coefficient (Wildman–Crippen LogP) is 0.432. The van der Waals surface area contributed by atoms with E-state index in [1.54, 1.807) is 13.1 Å². The third-order valence-electron chi connectivity index (χ3n) is 1.85. The number of hydrogen-bond donors (Lipinski definition) is 1. The van der Waals surface area contributed by atoms with Gasteiger partial charge >= 0.3 is 0 Å². The van der Waals surface area contributed by atoms with E-state index in [1.165, 1.54) is 4.31 Å². The summed E-state index contributed by atoms with van der Waals surface area (Å²) < 4.78 is 25.0. The summed E-state index contributed by atoms with van der Waals surface area (Å²) in [6.45, 7) is 8.13. The molecule has 84 valence electrons. The van der Waals surface area contributed by atoms with E-state index in [0.29, 0.717) is 13.1 Å². The topological polar surface area (TPSA) is 49.4 Å². The first-order valence-corrected chi connectivity index (χ1v) is 6.31. The Bertz CT molecular complexity index is 260. The molecule has 0 heterocycles. The van der Waals surface area contributed by atoms with Crippen molar-refractivity contribution in [2.24, 2.45) is 0 Å². The molecular formula is C9H20N2O2S. The fraction of sp³-hybridized carbons (Fsp3) is 0.778. The van der Waals surface area contributed by atoms with Gasteiger partial charge in [-0.25, -0.2) is 8.42 Å². The lowest BCUT2D eigenvalue weighted by molar-refractivity contribution is 0.382. The van der Waals surface area contributed by atoms with Gasteiger partial charge in [-0.05, 0) is 20.9 Å². The molecule has 0 atom stereocenters. The first kappa shape index (κ1) is 13.6. The smallest absolute Gasteiger partial charge is 0.215 e. The zero-order chi connectivity index (χ0) is 11.2. The van der Waals surface area contributed by atoms with Crippen molar-refractivity contribution in [2.45, 2.75) is 19.9 Å². The van der Waals surface area contributed by atoms with E-state index in [0.717, 1.165) is 0 Å². The van der Waals surface area contributed by atoms with E-state index in [1.807, 2.05) is 13.8 Å². The highest BCUT2D eigenvalue weighted by Crippen LogP contribution is 2.06. The fourth-order valence-electron chi connectivity index (χ4n) is 1.12. The minimum Gasteiger partial charge on any atom is -0.319 e. The van der Waals surface area contributed by atoms with Gasteiger partial charge in [0.05, 0.1) is 5.75 Å². The molecule has 0 saturated carbocycles. The van der Waals surface area contributed by atoms with Gasteiger partial charge in [0.2, 0.25) is 10.0 Å². The van der Waals surface area contributed by atoms with Crippen molar-refractivity contribution in [3.05, 3.63) is 12.7 Å². The minimum atomic E-state index is -3.15. The average molecular weight is 220 g/mol. The molecule has 0 unspecified atom stereocenters. The van der Waals surface area contributed by atoms with Crippen LogP contribution in [0.5, 0.6) is 0 Å². The largest absolute Gasteiger partial charge is 0.319 e. The van der Waals surface area contributed by atoms with Gasteiger partial charge in [0, 0.05) is 19.1 Å². The zero-order valence-corrected chi connectivity index (χ0v) is 9.97. The number of sulfonamides is 1. The molecule has 0 rings (SSSR count). The summed E-state index contributed by atoms with van der Waals surface area (Å²) in [5, 5.41) is 2.83.